The lowest BCUT2D eigenvalue weighted by Gasteiger charge is -2.20. The first-order valence-corrected chi connectivity index (χ1v) is 16.0. The van der Waals surface area contributed by atoms with Crippen molar-refractivity contribution in [1.29, 1.82) is 0 Å². The number of nitrogens with one attached hydrogen (secondary N) is 1. The monoisotopic (exact) mass is 602 g/mol. The van der Waals surface area contributed by atoms with Crippen molar-refractivity contribution in [2.24, 2.45) is 0 Å². The van der Waals surface area contributed by atoms with Crippen LogP contribution < -0.4 is 9.62 Å². The lowest BCUT2D eigenvalue weighted by atomic mass is 10.00. The van der Waals surface area contributed by atoms with E-state index in [1.807, 2.05) is 67.6 Å². The average Bonchev–Trinajstić information content (AvgIpc) is 3.54. The second-order valence-electron chi connectivity index (χ2n) is 11.2. The van der Waals surface area contributed by atoms with Crippen molar-refractivity contribution in [3.8, 4) is 22.6 Å². The predicted molar refractivity (Wildman–Crippen MR) is 177 cm³/mol. The van der Waals surface area contributed by atoms with Crippen LogP contribution in [0.5, 0.6) is 0 Å². The first-order valence-electron chi connectivity index (χ1n) is 14.2. The Balaban J connectivity index is 1.56. The minimum absolute atomic E-state index is 0.307. The molecule has 0 atom stereocenters. The van der Waals surface area contributed by atoms with E-state index in [0.29, 0.717) is 39.2 Å². The zero-order valence-corrected chi connectivity index (χ0v) is 25.8. The fourth-order valence-electron chi connectivity index (χ4n) is 6.01. The number of anilines is 1. The van der Waals surface area contributed by atoms with Crippen LogP contribution in [0.2, 0.25) is 0 Å². The number of aromatic nitrogens is 2. The van der Waals surface area contributed by atoms with Gasteiger partial charge in [0.15, 0.2) is 0 Å². The lowest BCUT2D eigenvalue weighted by Crippen LogP contribution is -2.25. The van der Waals surface area contributed by atoms with Crippen molar-refractivity contribution >= 4 is 59.9 Å². The summed E-state index contributed by atoms with van der Waals surface area (Å²) in [6, 6.07) is 25.4. The summed E-state index contributed by atoms with van der Waals surface area (Å²) >= 11 is 0. The Kier molecular flexibility index (Phi) is 6.26. The van der Waals surface area contributed by atoms with Gasteiger partial charge in [-0.05, 0) is 43.7 Å². The summed E-state index contributed by atoms with van der Waals surface area (Å²) in [5.74, 6) is 0.103. The van der Waals surface area contributed by atoms with Crippen LogP contribution >= 0.6 is 0 Å². The zero-order chi connectivity index (χ0) is 30.9. The highest BCUT2D eigenvalue weighted by atomic mass is 32.2. The molecule has 0 radical (unpaired) electrons. The van der Waals surface area contributed by atoms with E-state index in [1.54, 1.807) is 13.1 Å². The Labute approximate surface area is 254 Å². The van der Waals surface area contributed by atoms with Crippen molar-refractivity contribution in [2.75, 3.05) is 24.7 Å². The molecule has 0 aliphatic heterocycles. The maximum atomic E-state index is 13.3. The fraction of sp³-hybridized carbons (Fsp3) is 0.143. The maximum Gasteiger partial charge on any atom is 0.255 e. The Bertz CT molecular complexity index is 2400. The van der Waals surface area contributed by atoms with Crippen molar-refractivity contribution in [3.63, 3.8) is 0 Å². The van der Waals surface area contributed by atoms with Crippen LogP contribution in [0.3, 0.4) is 0 Å². The molecule has 8 nitrogen and oxygen atoms in total. The third-order valence-corrected chi connectivity index (χ3v) is 9.60. The predicted octanol–water partition coefficient (Wildman–Crippen LogP) is 7.09. The number of hydrogen-bond acceptors (Lipinski definition) is 5. The van der Waals surface area contributed by atoms with Gasteiger partial charge in [-0.15, -0.1) is 0 Å². The molecule has 0 spiro atoms. The first-order chi connectivity index (χ1) is 21.1. The highest BCUT2D eigenvalue weighted by Gasteiger charge is 2.26. The number of para-hydroxylation sites is 1. The minimum Gasteiger partial charge on any atom is -0.455 e. The molecule has 7 aromatic rings. The summed E-state index contributed by atoms with van der Waals surface area (Å²) in [6.45, 7) is 4.08. The van der Waals surface area contributed by atoms with E-state index in [4.69, 9.17) is 9.40 Å². The van der Waals surface area contributed by atoms with Gasteiger partial charge in [-0.1, -0.05) is 54.1 Å². The molecule has 0 aliphatic carbocycles. The number of fused-ring (bicyclic) bond motifs is 6. The number of nitrogens with zero attached hydrogens (tertiary/aromatic N) is 3. The van der Waals surface area contributed by atoms with Gasteiger partial charge in [0, 0.05) is 53.6 Å². The number of hydrogen-bond donors (Lipinski definition) is 1. The van der Waals surface area contributed by atoms with E-state index in [2.05, 4.69) is 35.0 Å². The van der Waals surface area contributed by atoms with Gasteiger partial charge in [0.25, 0.3) is 5.91 Å². The average molecular weight is 603 g/mol. The van der Waals surface area contributed by atoms with Crippen molar-refractivity contribution in [1.82, 2.24) is 14.7 Å². The topological polar surface area (TPSA) is 96.9 Å². The zero-order valence-electron chi connectivity index (χ0n) is 25.0. The van der Waals surface area contributed by atoms with Crippen LogP contribution in [0, 0.1) is 13.8 Å². The number of rotatable bonds is 5. The second-order valence-corrected chi connectivity index (χ2v) is 13.2. The van der Waals surface area contributed by atoms with Gasteiger partial charge >= 0.3 is 0 Å². The lowest BCUT2D eigenvalue weighted by molar-refractivity contribution is 0.0964. The number of carbonyl (C=O) groups excluding carboxylic acids is 1. The highest BCUT2D eigenvalue weighted by molar-refractivity contribution is 7.92. The molecule has 0 unspecified atom stereocenters. The molecule has 4 heterocycles. The van der Waals surface area contributed by atoms with E-state index in [0.717, 1.165) is 50.3 Å². The molecule has 0 saturated carbocycles. The Morgan fingerprint density at radius 3 is 2.43 bits per heavy atom. The second kappa shape index (κ2) is 9.96. The third-order valence-electron chi connectivity index (χ3n) is 8.40. The van der Waals surface area contributed by atoms with E-state index >= 15 is 0 Å². The van der Waals surface area contributed by atoms with Gasteiger partial charge in [0.05, 0.1) is 39.8 Å². The standard InChI is InChI=1S/C35H30N4O4S/c1-20-10-12-23(13-11-20)34-31(35(40)36-3)26-18-25(29(19-30(26)43-34)38(4)44(5,41)42)27-15-14-22-16-17-39-28-9-7-6-8-24(28)21(2)33(39)32(22)37-27/h6-19H,1-5H3,(H,36,40). The van der Waals surface area contributed by atoms with Crippen LogP contribution in [-0.2, 0) is 10.0 Å². The van der Waals surface area contributed by atoms with Gasteiger partial charge < -0.3 is 14.1 Å². The van der Waals surface area contributed by atoms with Crippen LogP contribution in [0.1, 0.15) is 21.5 Å². The molecule has 0 fully saturated rings. The first kappa shape index (κ1) is 27.7. The Hall–Kier alpha value is -5.15. The molecular weight excluding hydrogens is 572 g/mol. The van der Waals surface area contributed by atoms with Gasteiger partial charge in [-0.3, -0.25) is 9.10 Å². The summed E-state index contributed by atoms with van der Waals surface area (Å²) in [5, 5.41) is 5.40. The Morgan fingerprint density at radius 2 is 1.70 bits per heavy atom. The van der Waals surface area contributed by atoms with E-state index < -0.39 is 10.0 Å². The number of benzene rings is 3. The number of furan rings is 1. The molecule has 0 bridgehead atoms. The van der Waals surface area contributed by atoms with Crippen LogP contribution in [0.4, 0.5) is 5.69 Å². The summed E-state index contributed by atoms with van der Waals surface area (Å²) < 4.78 is 35.4. The van der Waals surface area contributed by atoms with Gasteiger partial charge in [-0.2, -0.15) is 0 Å². The number of pyridine rings is 2. The molecule has 4 aromatic heterocycles. The number of carbonyl (C=O) groups is 1. The molecule has 3 aromatic carbocycles. The molecule has 1 amide bonds. The van der Waals surface area contributed by atoms with Crippen LogP contribution in [0.15, 0.2) is 89.5 Å². The number of aryl methyl sites for hydroxylation is 2. The quantitative estimate of drug-likeness (QED) is 0.227. The molecule has 7 rings (SSSR count). The Morgan fingerprint density at radius 1 is 0.955 bits per heavy atom. The highest BCUT2D eigenvalue weighted by Crippen LogP contribution is 2.41. The number of amides is 1. The summed E-state index contributed by atoms with van der Waals surface area (Å²) in [7, 11) is -0.574. The smallest absolute Gasteiger partial charge is 0.255 e. The summed E-state index contributed by atoms with van der Waals surface area (Å²) in [6.07, 6.45) is 3.21. The molecule has 9 heteroatoms. The van der Waals surface area contributed by atoms with E-state index in [-0.39, 0.29) is 5.91 Å². The summed E-state index contributed by atoms with van der Waals surface area (Å²) in [5.41, 5.74) is 8.09. The molecule has 1 N–H and O–H groups in total. The minimum atomic E-state index is -3.66. The molecular formula is C35H30N4O4S. The molecule has 0 aliphatic rings. The van der Waals surface area contributed by atoms with Crippen molar-refractivity contribution in [3.05, 3.63) is 102 Å². The fourth-order valence-corrected chi connectivity index (χ4v) is 6.52. The van der Waals surface area contributed by atoms with Gasteiger partial charge in [0.1, 0.15) is 11.3 Å². The SMILES string of the molecule is CNC(=O)c1c(-c2ccc(C)cc2)oc2cc(N(C)S(C)(=O)=O)c(-c3ccc4ccn5c6ccccc6c(C)c5c4n3)cc12. The molecule has 0 saturated heterocycles. The largest absolute Gasteiger partial charge is 0.455 e. The van der Waals surface area contributed by atoms with Crippen LogP contribution in [0.25, 0.3) is 60.9 Å². The van der Waals surface area contributed by atoms with Gasteiger partial charge in [0.2, 0.25) is 10.0 Å². The van der Waals surface area contributed by atoms with Crippen molar-refractivity contribution in [2.45, 2.75) is 13.8 Å². The van der Waals surface area contributed by atoms with E-state index in [1.165, 1.54) is 11.4 Å². The van der Waals surface area contributed by atoms with Crippen LogP contribution in [-0.4, -0.2) is 44.1 Å². The molecule has 220 valence electrons. The van der Waals surface area contributed by atoms with Gasteiger partial charge in [-0.25, -0.2) is 13.4 Å². The van der Waals surface area contributed by atoms with E-state index in [9.17, 15) is 13.2 Å². The third kappa shape index (κ3) is 4.23. The maximum absolute atomic E-state index is 13.3. The van der Waals surface area contributed by atoms with Crippen molar-refractivity contribution < 1.29 is 17.6 Å². The normalized spacial score (nSPS) is 12.0. The summed E-state index contributed by atoms with van der Waals surface area (Å²) in [4.78, 5) is 18.5. The number of sulfonamides is 1. The molecule has 44 heavy (non-hydrogen) atoms.